The van der Waals surface area contributed by atoms with E-state index in [1.54, 1.807) is 0 Å². The standard InChI is InChI=1S/C14H4Br2N4O4S3/c15-7-1-5(3-25-7)9-11-12(18-27-17-11)10(6-2-8(16)26-4-6)14(20(23)24)13(9)19(21)22/h1-4H/i3D,4D. The van der Waals surface area contributed by atoms with Crippen LogP contribution in [0.4, 0.5) is 11.4 Å². The quantitative estimate of drug-likeness (QED) is 0.212. The highest BCUT2D eigenvalue weighted by Crippen LogP contribution is 2.51. The highest BCUT2D eigenvalue weighted by Gasteiger charge is 2.39. The molecule has 0 aliphatic rings. The molecule has 3 heterocycles. The fraction of sp³-hybridized carbons (Fsp3) is 0. The molecule has 0 amide bonds. The Bertz CT molecular complexity index is 1240. The zero-order valence-corrected chi connectivity index (χ0v) is 18.2. The van der Waals surface area contributed by atoms with Gasteiger partial charge in [0.05, 0.1) is 43.0 Å². The Hall–Kier alpha value is -1.80. The summed E-state index contributed by atoms with van der Waals surface area (Å²) in [5, 5.41) is 24.0. The number of fused-ring (bicyclic) bond motifs is 1. The number of rotatable bonds is 4. The molecule has 0 aliphatic heterocycles. The lowest BCUT2D eigenvalue weighted by Crippen LogP contribution is -2.02. The molecular weight excluding hydrogens is 544 g/mol. The monoisotopic (exact) mass is 548 g/mol. The number of hydrogen-bond donors (Lipinski definition) is 0. The third kappa shape index (κ3) is 3.08. The minimum absolute atomic E-state index is 0.00391. The van der Waals surface area contributed by atoms with E-state index in [0.717, 1.165) is 34.4 Å². The molecule has 0 unspecified atom stereocenters. The second-order valence-corrected chi connectivity index (χ2v) is 10.0. The van der Waals surface area contributed by atoms with E-state index in [9.17, 15) is 20.2 Å². The first-order valence-electron chi connectivity index (χ1n) is 7.84. The number of hydrogen-bond acceptors (Lipinski definition) is 9. The molecule has 0 saturated heterocycles. The first-order valence-corrected chi connectivity index (χ1v) is 10.8. The van der Waals surface area contributed by atoms with Crippen LogP contribution < -0.4 is 0 Å². The van der Waals surface area contributed by atoms with Gasteiger partial charge in [-0.1, -0.05) is 0 Å². The van der Waals surface area contributed by atoms with Crippen LogP contribution in [-0.2, 0) is 0 Å². The summed E-state index contributed by atoms with van der Waals surface area (Å²) in [4.78, 5) is 22.3. The maximum atomic E-state index is 12.0. The predicted octanol–water partition coefficient (Wildman–Crippen LogP) is 6.49. The summed E-state index contributed by atoms with van der Waals surface area (Å²) in [7, 11) is 0. The topological polar surface area (TPSA) is 112 Å². The second kappa shape index (κ2) is 6.98. The molecule has 4 aromatic rings. The Labute approximate surface area is 182 Å². The largest absolute Gasteiger partial charge is 0.356 e. The van der Waals surface area contributed by atoms with E-state index >= 15 is 0 Å². The van der Waals surface area contributed by atoms with Crippen LogP contribution in [0.25, 0.3) is 33.3 Å². The third-order valence-electron chi connectivity index (χ3n) is 3.60. The van der Waals surface area contributed by atoms with Gasteiger partial charge in [-0.15, -0.1) is 22.7 Å². The Kier molecular flexibility index (Phi) is 4.18. The predicted molar refractivity (Wildman–Crippen MR) is 113 cm³/mol. The van der Waals surface area contributed by atoms with Crippen LogP contribution in [-0.4, -0.2) is 18.6 Å². The minimum atomic E-state index is -0.841. The van der Waals surface area contributed by atoms with Gasteiger partial charge in [-0.25, -0.2) is 0 Å². The maximum Gasteiger partial charge on any atom is 0.356 e. The van der Waals surface area contributed by atoms with Gasteiger partial charge in [-0.05, 0) is 44.0 Å². The molecule has 4 rings (SSSR count). The van der Waals surface area contributed by atoms with Crippen LogP contribution in [0.5, 0.6) is 0 Å². The number of thiophene rings is 2. The zero-order chi connectivity index (χ0) is 21.0. The molecule has 0 atom stereocenters. The fourth-order valence-electron chi connectivity index (χ4n) is 2.64. The molecule has 0 radical (unpaired) electrons. The number of nitrogens with zero attached hydrogens (tertiary/aromatic N) is 4. The van der Waals surface area contributed by atoms with Crippen LogP contribution in [0.3, 0.4) is 0 Å². The number of nitro groups is 2. The summed E-state index contributed by atoms with van der Waals surface area (Å²) < 4.78 is 25.7. The number of halogens is 2. The van der Waals surface area contributed by atoms with Gasteiger partial charge in [0.15, 0.2) is 0 Å². The average Bonchev–Trinajstić information content (AvgIpc) is 3.31. The van der Waals surface area contributed by atoms with E-state index in [0.29, 0.717) is 7.57 Å². The van der Waals surface area contributed by atoms with Crippen LogP contribution in [0.15, 0.2) is 30.4 Å². The third-order valence-corrected chi connectivity index (χ3v) is 6.82. The Morgan fingerprint density at radius 2 is 1.30 bits per heavy atom. The number of benzene rings is 1. The minimum Gasteiger partial charge on any atom is -0.258 e. The summed E-state index contributed by atoms with van der Waals surface area (Å²) in [5.41, 5.74) is -1.32. The smallest absolute Gasteiger partial charge is 0.258 e. The van der Waals surface area contributed by atoms with Gasteiger partial charge in [-0.3, -0.25) is 20.2 Å². The Morgan fingerprint density at radius 3 is 1.59 bits per heavy atom. The van der Waals surface area contributed by atoms with E-state index in [1.807, 2.05) is 0 Å². The molecule has 0 spiro atoms. The van der Waals surface area contributed by atoms with Crippen LogP contribution in [0.1, 0.15) is 2.74 Å². The van der Waals surface area contributed by atoms with Crippen molar-refractivity contribution in [2.45, 2.75) is 0 Å². The van der Waals surface area contributed by atoms with Crippen LogP contribution in [0, 0.1) is 20.2 Å². The molecule has 1 aromatic carbocycles. The summed E-state index contributed by atoms with van der Waals surface area (Å²) in [5.74, 6) is 0. The lowest BCUT2D eigenvalue weighted by atomic mass is 9.96. The molecule has 8 nitrogen and oxygen atoms in total. The molecule has 3 aromatic heterocycles. The van der Waals surface area contributed by atoms with E-state index < -0.39 is 21.2 Å². The van der Waals surface area contributed by atoms with Gasteiger partial charge in [0, 0.05) is 21.8 Å². The van der Waals surface area contributed by atoms with Gasteiger partial charge in [0.25, 0.3) is 0 Å². The molecule has 0 fully saturated rings. The van der Waals surface area contributed by atoms with Gasteiger partial charge in [0.1, 0.15) is 11.0 Å². The Balaban J connectivity index is 2.27. The van der Waals surface area contributed by atoms with Crippen LogP contribution >= 0.6 is 66.3 Å². The van der Waals surface area contributed by atoms with E-state index in [2.05, 4.69) is 40.6 Å². The molecule has 13 heteroatoms. The van der Waals surface area contributed by atoms with Gasteiger partial charge in [-0.2, -0.15) is 8.75 Å². The van der Waals surface area contributed by atoms with Gasteiger partial charge >= 0.3 is 11.4 Å². The first kappa shape index (κ1) is 16.2. The summed E-state index contributed by atoms with van der Waals surface area (Å²) in [6.45, 7) is 0. The van der Waals surface area contributed by atoms with Crippen molar-refractivity contribution < 1.29 is 12.6 Å². The van der Waals surface area contributed by atoms with Gasteiger partial charge in [0.2, 0.25) is 0 Å². The highest BCUT2D eigenvalue weighted by atomic mass is 79.9. The molecule has 27 heavy (non-hydrogen) atoms. The number of nitro benzene ring substituents is 2. The van der Waals surface area contributed by atoms with E-state index in [1.165, 1.54) is 12.1 Å². The summed E-state index contributed by atoms with van der Waals surface area (Å²) in [6, 6.07) is 2.99. The lowest BCUT2D eigenvalue weighted by Gasteiger charge is -2.07. The Morgan fingerprint density at radius 1 is 0.889 bits per heavy atom. The molecule has 0 N–H and O–H groups in total. The summed E-state index contributed by atoms with van der Waals surface area (Å²) in [6.07, 6.45) is 0. The molecule has 0 saturated carbocycles. The van der Waals surface area contributed by atoms with Crippen molar-refractivity contribution in [1.29, 1.82) is 0 Å². The normalized spacial score (nSPS) is 12.2. The molecule has 0 bridgehead atoms. The van der Waals surface area contributed by atoms with Crippen molar-refractivity contribution in [3.05, 3.63) is 50.6 Å². The molecular formula is C14H4Br2N4O4S3. The molecule has 136 valence electrons. The van der Waals surface area contributed by atoms with E-state index in [4.69, 9.17) is 2.74 Å². The second-order valence-electron chi connectivity index (χ2n) is 5.06. The van der Waals surface area contributed by atoms with Crippen molar-refractivity contribution >= 4 is 88.7 Å². The highest BCUT2D eigenvalue weighted by molar-refractivity contribution is 9.11. The van der Waals surface area contributed by atoms with Crippen molar-refractivity contribution in [1.82, 2.24) is 8.75 Å². The maximum absolute atomic E-state index is 12.0. The number of aromatic nitrogens is 2. The zero-order valence-electron chi connectivity index (χ0n) is 14.6. The van der Waals surface area contributed by atoms with E-state index in [-0.39, 0.29) is 44.0 Å². The fourth-order valence-corrected chi connectivity index (χ4v) is 5.24. The van der Waals surface area contributed by atoms with Crippen molar-refractivity contribution in [3.63, 3.8) is 0 Å². The SMILES string of the molecule is [2H]c1sc(Br)cc1-c1c([N+](=O)[O-])c([N+](=O)[O-])c(-c2cc(Br)sc2[2H])c2nsnc12. The summed E-state index contributed by atoms with van der Waals surface area (Å²) >= 11 is 9.29. The van der Waals surface area contributed by atoms with Crippen molar-refractivity contribution in [3.8, 4) is 22.3 Å². The molecule has 0 aliphatic carbocycles. The van der Waals surface area contributed by atoms with Gasteiger partial charge < -0.3 is 0 Å². The lowest BCUT2D eigenvalue weighted by molar-refractivity contribution is -0.421. The first-order chi connectivity index (χ1) is 13.7. The average molecular weight is 550 g/mol. The van der Waals surface area contributed by atoms with Crippen molar-refractivity contribution in [2.75, 3.05) is 0 Å². The van der Waals surface area contributed by atoms with Crippen molar-refractivity contribution in [2.24, 2.45) is 0 Å². The van der Waals surface area contributed by atoms with Crippen LogP contribution in [0.2, 0.25) is 0 Å².